The number of hydrogen-bond acceptors (Lipinski definition) is 4. The summed E-state index contributed by atoms with van der Waals surface area (Å²) >= 11 is 5.44. The van der Waals surface area contributed by atoms with E-state index in [2.05, 4.69) is 4.42 Å². The van der Waals surface area contributed by atoms with E-state index in [-0.39, 0.29) is 10.8 Å². The third-order valence-electron chi connectivity index (χ3n) is 1.46. The van der Waals surface area contributed by atoms with Crippen molar-refractivity contribution >= 4 is 27.5 Å². The quantitative estimate of drug-likeness (QED) is 0.770. The molecular weight excluding hydrogens is 232 g/mol. The SMILES string of the molecule is CNS(=O)(=O)c1cc(C(N)=O)c(Cl)o1. The van der Waals surface area contributed by atoms with E-state index in [1.807, 2.05) is 4.72 Å². The number of furan rings is 1. The Kier molecular flexibility index (Phi) is 2.84. The van der Waals surface area contributed by atoms with Crippen LogP contribution in [-0.2, 0) is 10.0 Å². The van der Waals surface area contributed by atoms with E-state index in [4.69, 9.17) is 17.3 Å². The fourth-order valence-electron chi connectivity index (χ4n) is 0.748. The molecule has 8 heteroatoms. The highest BCUT2D eigenvalue weighted by Crippen LogP contribution is 2.23. The van der Waals surface area contributed by atoms with Crippen LogP contribution in [-0.4, -0.2) is 21.4 Å². The molecule has 1 heterocycles. The highest BCUT2D eigenvalue weighted by atomic mass is 35.5. The first-order chi connectivity index (χ1) is 6.38. The van der Waals surface area contributed by atoms with E-state index in [1.165, 1.54) is 7.05 Å². The van der Waals surface area contributed by atoms with Crippen molar-refractivity contribution in [1.82, 2.24) is 4.72 Å². The Labute approximate surface area is 85.1 Å². The van der Waals surface area contributed by atoms with E-state index >= 15 is 0 Å². The third-order valence-corrected chi connectivity index (χ3v) is 3.01. The molecule has 3 N–H and O–H groups in total. The molecule has 0 aliphatic rings. The van der Waals surface area contributed by atoms with Gasteiger partial charge in [-0.3, -0.25) is 4.79 Å². The Balaban J connectivity index is 3.29. The van der Waals surface area contributed by atoms with Crippen LogP contribution in [0.3, 0.4) is 0 Å². The van der Waals surface area contributed by atoms with Crippen LogP contribution >= 0.6 is 11.6 Å². The van der Waals surface area contributed by atoms with Gasteiger partial charge in [-0.1, -0.05) is 0 Å². The molecular formula is C6H7ClN2O4S. The summed E-state index contributed by atoms with van der Waals surface area (Å²) in [5.74, 6) is -0.851. The average molecular weight is 239 g/mol. The monoisotopic (exact) mass is 238 g/mol. The van der Waals surface area contributed by atoms with Gasteiger partial charge in [-0.25, -0.2) is 13.1 Å². The molecule has 1 aromatic rings. The lowest BCUT2D eigenvalue weighted by atomic mass is 10.3. The summed E-state index contributed by atoms with van der Waals surface area (Å²) < 4.78 is 29.0. The van der Waals surface area contributed by atoms with E-state index in [0.717, 1.165) is 6.07 Å². The maximum absolute atomic E-state index is 11.2. The Morgan fingerprint density at radius 2 is 2.21 bits per heavy atom. The van der Waals surface area contributed by atoms with Gasteiger partial charge in [0, 0.05) is 6.07 Å². The van der Waals surface area contributed by atoms with E-state index < -0.39 is 21.0 Å². The molecule has 1 amide bonds. The van der Waals surface area contributed by atoms with E-state index in [0.29, 0.717) is 0 Å². The molecule has 78 valence electrons. The second kappa shape index (κ2) is 3.60. The second-order valence-corrected chi connectivity index (χ2v) is 4.49. The average Bonchev–Trinajstić information content (AvgIpc) is 2.48. The molecule has 0 bridgehead atoms. The van der Waals surface area contributed by atoms with Crippen LogP contribution in [0.2, 0.25) is 5.22 Å². The standard InChI is InChI=1S/C6H7ClN2O4S/c1-9-14(11,12)4-2-3(6(8)10)5(7)13-4/h2,9H,1H3,(H2,8,10). The predicted molar refractivity (Wildman–Crippen MR) is 48.5 cm³/mol. The van der Waals surface area contributed by atoms with Crippen molar-refractivity contribution in [3.63, 3.8) is 0 Å². The van der Waals surface area contributed by atoms with E-state index in [9.17, 15) is 13.2 Å². The number of amides is 1. The maximum atomic E-state index is 11.2. The van der Waals surface area contributed by atoms with Crippen LogP contribution < -0.4 is 10.5 Å². The highest BCUT2D eigenvalue weighted by Gasteiger charge is 2.22. The van der Waals surface area contributed by atoms with Gasteiger partial charge in [0.1, 0.15) is 0 Å². The summed E-state index contributed by atoms with van der Waals surface area (Å²) in [6.45, 7) is 0. The number of carbonyl (C=O) groups is 1. The highest BCUT2D eigenvalue weighted by molar-refractivity contribution is 7.89. The van der Waals surface area contributed by atoms with Crippen molar-refractivity contribution in [3.05, 3.63) is 16.8 Å². The van der Waals surface area contributed by atoms with Crippen molar-refractivity contribution in [2.24, 2.45) is 5.73 Å². The van der Waals surface area contributed by atoms with Gasteiger partial charge in [-0.15, -0.1) is 0 Å². The van der Waals surface area contributed by atoms with Crippen LogP contribution in [0.4, 0.5) is 0 Å². The fraction of sp³-hybridized carbons (Fsp3) is 0.167. The Hall–Kier alpha value is -1.05. The molecule has 0 aliphatic carbocycles. The number of primary amides is 1. The molecule has 1 aromatic heterocycles. The lowest BCUT2D eigenvalue weighted by Crippen LogP contribution is -2.18. The molecule has 0 aromatic carbocycles. The minimum atomic E-state index is -3.74. The zero-order valence-corrected chi connectivity index (χ0v) is 8.65. The van der Waals surface area contributed by atoms with Crippen molar-refractivity contribution in [3.8, 4) is 0 Å². The number of rotatable bonds is 3. The molecule has 0 aliphatic heterocycles. The molecule has 14 heavy (non-hydrogen) atoms. The van der Waals surface area contributed by atoms with Gasteiger partial charge >= 0.3 is 0 Å². The van der Waals surface area contributed by atoms with Gasteiger partial charge in [0.05, 0.1) is 5.56 Å². The summed E-state index contributed by atoms with van der Waals surface area (Å²) in [7, 11) is -2.54. The number of nitrogens with two attached hydrogens (primary N) is 1. The van der Waals surface area contributed by atoms with Crippen molar-refractivity contribution in [2.45, 2.75) is 5.09 Å². The first-order valence-electron chi connectivity index (χ1n) is 3.41. The minimum absolute atomic E-state index is 0.166. The number of nitrogens with one attached hydrogen (secondary N) is 1. The molecule has 0 spiro atoms. The summed E-state index contributed by atoms with van der Waals surface area (Å²) in [5, 5.41) is -0.787. The molecule has 0 saturated carbocycles. The lowest BCUT2D eigenvalue weighted by Gasteiger charge is -1.94. The first-order valence-corrected chi connectivity index (χ1v) is 5.27. The largest absolute Gasteiger partial charge is 0.431 e. The van der Waals surface area contributed by atoms with Crippen LogP contribution in [0.5, 0.6) is 0 Å². The summed E-state index contributed by atoms with van der Waals surface area (Å²) in [5.41, 5.74) is 4.75. The predicted octanol–water partition coefficient (Wildman–Crippen LogP) is -0.0600. The fourth-order valence-corrected chi connectivity index (χ4v) is 1.69. The number of sulfonamides is 1. The number of carbonyl (C=O) groups excluding carboxylic acids is 1. The van der Waals surface area contributed by atoms with Crippen molar-refractivity contribution in [1.29, 1.82) is 0 Å². The minimum Gasteiger partial charge on any atom is -0.431 e. The van der Waals surface area contributed by atoms with Crippen LogP contribution in [0.1, 0.15) is 10.4 Å². The van der Waals surface area contributed by atoms with Gasteiger partial charge in [-0.2, -0.15) is 0 Å². The zero-order chi connectivity index (χ0) is 10.9. The van der Waals surface area contributed by atoms with Gasteiger partial charge in [0.2, 0.25) is 10.3 Å². The van der Waals surface area contributed by atoms with Crippen molar-refractivity contribution < 1.29 is 17.6 Å². The van der Waals surface area contributed by atoms with Gasteiger partial charge in [0.15, 0.2) is 0 Å². The molecule has 0 saturated heterocycles. The van der Waals surface area contributed by atoms with Gasteiger partial charge in [-0.05, 0) is 18.6 Å². The van der Waals surface area contributed by atoms with Gasteiger partial charge < -0.3 is 10.2 Å². The Morgan fingerprint density at radius 1 is 1.64 bits per heavy atom. The maximum Gasteiger partial charge on any atom is 0.273 e. The summed E-state index contributed by atoms with van der Waals surface area (Å²) in [4.78, 5) is 10.7. The third kappa shape index (κ3) is 1.89. The van der Waals surface area contributed by atoms with E-state index in [1.54, 1.807) is 0 Å². The van der Waals surface area contributed by atoms with Crippen LogP contribution in [0.15, 0.2) is 15.6 Å². The molecule has 6 nitrogen and oxygen atoms in total. The zero-order valence-electron chi connectivity index (χ0n) is 7.07. The van der Waals surface area contributed by atoms with Gasteiger partial charge in [0.25, 0.3) is 15.9 Å². The van der Waals surface area contributed by atoms with Crippen molar-refractivity contribution in [2.75, 3.05) is 7.05 Å². The number of halogens is 1. The number of hydrogen-bond donors (Lipinski definition) is 2. The molecule has 1 rings (SSSR count). The van der Waals surface area contributed by atoms with Crippen LogP contribution in [0, 0.1) is 0 Å². The molecule has 0 radical (unpaired) electrons. The van der Waals surface area contributed by atoms with Crippen LogP contribution in [0.25, 0.3) is 0 Å². The normalized spacial score (nSPS) is 11.6. The molecule has 0 atom stereocenters. The molecule has 0 fully saturated rings. The Morgan fingerprint density at radius 3 is 2.57 bits per heavy atom. The first kappa shape index (κ1) is 11.0. The second-order valence-electron chi connectivity index (χ2n) is 2.32. The lowest BCUT2D eigenvalue weighted by molar-refractivity contribution is 0.1000. The summed E-state index contributed by atoms with van der Waals surface area (Å²) in [6, 6.07) is 0.969. The topological polar surface area (TPSA) is 102 Å². The molecule has 0 unspecified atom stereocenters. The Bertz CT molecular complexity index is 464. The smallest absolute Gasteiger partial charge is 0.273 e. The summed E-state index contributed by atoms with van der Waals surface area (Å²) in [6.07, 6.45) is 0.